The van der Waals surface area contributed by atoms with E-state index in [1.54, 1.807) is 12.2 Å². The van der Waals surface area contributed by atoms with Crippen molar-refractivity contribution < 1.29 is 19.7 Å². The molecular weight excluding hydrogens is 432 g/mol. The lowest BCUT2D eigenvalue weighted by Crippen LogP contribution is -2.25. The number of hydrogen-bond donors (Lipinski definition) is 2. The highest BCUT2D eigenvalue weighted by molar-refractivity contribution is 9.09. The molecule has 2 aromatic carbocycles. The highest BCUT2D eigenvalue weighted by Gasteiger charge is 2.31. The third-order valence-corrected chi connectivity index (χ3v) is 5.51. The molecule has 3 rings (SSSR count). The second-order valence-corrected chi connectivity index (χ2v) is 7.34. The quantitative estimate of drug-likeness (QED) is 0.438. The molecule has 1 aliphatic heterocycles. The Kier molecular flexibility index (Phi) is 10.3. The fourth-order valence-electron chi connectivity index (χ4n) is 3.03. The van der Waals surface area contributed by atoms with E-state index in [1.165, 1.54) is 0 Å². The molecule has 1 heterocycles. The van der Waals surface area contributed by atoms with Crippen molar-refractivity contribution in [2.45, 2.75) is 18.5 Å². The Hall–Kier alpha value is -1.76. The number of alkyl halides is 1. The number of benzene rings is 2. The highest BCUT2D eigenvalue weighted by atomic mass is 79.9. The third-order valence-electron chi connectivity index (χ3n) is 4.77. The number of aliphatic hydroxyl groups is 2. The van der Waals surface area contributed by atoms with Crippen LogP contribution in [-0.4, -0.2) is 35.0 Å². The zero-order valence-electron chi connectivity index (χ0n) is 16.4. The van der Waals surface area contributed by atoms with E-state index < -0.39 is 12.2 Å². The first-order valence-corrected chi connectivity index (χ1v) is 10.7. The summed E-state index contributed by atoms with van der Waals surface area (Å²) >= 11 is 3.34. The molecule has 29 heavy (non-hydrogen) atoms. The first-order chi connectivity index (χ1) is 14.1. The standard InChI is InChI=1S/C13H16O3.C11H13BrO/c1-2-11(13-15-8-9-16-13)12(14)10-6-4-3-5-7-10;1-2-9(8-12)11(13)10-6-4-3-5-7-10/h2-7,11-14H,1,8-9H2;2-7,9,11,13H,1,8H2/t11-,12?;9-,11?/m10/s1. The Labute approximate surface area is 181 Å². The van der Waals surface area contributed by atoms with Crippen molar-refractivity contribution in [3.63, 3.8) is 0 Å². The van der Waals surface area contributed by atoms with Crippen molar-refractivity contribution in [3.8, 4) is 0 Å². The molecule has 4 atom stereocenters. The van der Waals surface area contributed by atoms with Crippen LogP contribution in [0.5, 0.6) is 0 Å². The van der Waals surface area contributed by atoms with E-state index in [0.29, 0.717) is 13.2 Å². The van der Waals surface area contributed by atoms with Crippen LogP contribution in [0.1, 0.15) is 23.3 Å². The summed E-state index contributed by atoms with van der Waals surface area (Å²) in [6, 6.07) is 19.1. The van der Waals surface area contributed by atoms with Gasteiger partial charge in [-0.15, -0.1) is 13.2 Å². The van der Waals surface area contributed by atoms with Gasteiger partial charge in [0, 0.05) is 11.2 Å². The second kappa shape index (κ2) is 12.7. The summed E-state index contributed by atoms with van der Waals surface area (Å²) in [5.74, 6) is -0.160. The second-order valence-electron chi connectivity index (χ2n) is 6.69. The average molecular weight is 461 g/mol. The Balaban J connectivity index is 0.000000212. The Morgan fingerprint density at radius 1 is 0.862 bits per heavy atom. The molecule has 0 saturated carbocycles. The average Bonchev–Trinajstić information content (AvgIpc) is 3.31. The van der Waals surface area contributed by atoms with Gasteiger partial charge in [0.15, 0.2) is 6.29 Å². The molecule has 156 valence electrons. The predicted octanol–water partition coefficient (Wildman–Crippen LogP) is 4.81. The molecule has 0 radical (unpaired) electrons. The van der Waals surface area contributed by atoms with Crippen molar-refractivity contribution in [2.75, 3.05) is 18.5 Å². The number of hydrogen-bond acceptors (Lipinski definition) is 4. The maximum absolute atomic E-state index is 10.2. The van der Waals surface area contributed by atoms with Crippen LogP contribution in [0.3, 0.4) is 0 Å². The van der Waals surface area contributed by atoms with E-state index in [0.717, 1.165) is 16.5 Å². The minimum absolute atomic E-state index is 0.0717. The van der Waals surface area contributed by atoms with Crippen LogP contribution in [0, 0.1) is 11.8 Å². The normalized spacial score (nSPS) is 18.0. The summed E-state index contributed by atoms with van der Waals surface area (Å²) in [5, 5.41) is 20.8. The molecule has 2 N–H and O–H groups in total. The molecule has 1 fully saturated rings. The minimum atomic E-state index is -0.637. The summed E-state index contributed by atoms with van der Waals surface area (Å²) in [4.78, 5) is 0. The fraction of sp³-hybridized carbons (Fsp3) is 0.333. The molecule has 0 aromatic heterocycles. The van der Waals surface area contributed by atoms with E-state index in [2.05, 4.69) is 29.1 Å². The SMILES string of the molecule is C=C[C@@H](C1OCCO1)C(O)c1ccccc1.C=C[C@@H](CBr)C(O)c1ccccc1. The van der Waals surface area contributed by atoms with Gasteiger partial charge in [-0.2, -0.15) is 0 Å². The van der Waals surface area contributed by atoms with E-state index in [4.69, 9.17) is 9.47 Å². The summed E-state index contributed by atoms with van der Waals surface area (Å²) in [5.41, 5.74) is 1.79. The minimum Gasteiger partial charge on any atom is -0.388 e. The van der Waals surface area contributed by atoms with Crippen molar-refractivity contribution in [1.82, 2.24) is 0 Å². The van der Waals surface area contributed by atoms with Crippen LogP contribution < -0.4 is 0 Å². The predicted molar refractivity (Wildman–Crippen MR) is 120 cm³/mol. The lowest BCUT2D eigenvalue weighted by molar-refractivity contribution is -0.101. The molecule has 5 heteroatoms. The van der Waals surface area contributed by atoms with Gasteiger partial charge < -0.3 is 19.7 Å². The zero-order valence-corrected chi connectivity index (χ0v) is 18.0. The van der Waals surface area contributed by atoms with E-state index in [1.807, 2.05) is 60.7 Å². The van der Waals surface area contributed by atoms with Gasteiger partial charge in [0.25, 0.3) is 0 Å². The Morgan fingerprint density at radius 2 is 1.34 bits per heavy atom. The fourth-order valence-corrected chi connectivity index (χ4v) is 3.65. The Morgan fingerprint density at radius 3 is 1.76 bits per heavy atom. The summed E-state index contributed by atoms with van der Waals surface area (Å²) in [7, 11) is 0. The first kappa shape index (κ1) is 23.5. The van der Waals surface area contributed by atoms with E-state index >= 15 is 0 Å². The molecule has 2 aromatic rings. The van der Waals surface area contributed by atoms with Gasteiger partial charge in [-0.3, -0.25) is 0 Å². The van der Waals surface area contributed by atoms with Crippen LogP contribution in [-0.2, 0) is 9.47 Å². The van der Waals surface area contributed by atoms with Gasteiger partial charge in [0.1, 0.15) is 0 Å². The van der Waals surface area contributed by atoms with Crippen LogP contribution in [0.2, 0.25) is 0 Å². The number of rotatable bonds is 8. The molecular formula is C24H29BrO4. The smallest absolute Gasteiger partial charge is 0.166 e. The van der Waals surface area contributed by atoms with Gasteiger partial charge in [0.05, 0.1) is 31.3 Å². The molecule has 1 saturated heterocycles. The first-order valence-electron chi connectivity index (χ1n) is 9.62. The number of ether oxygens (including phenoxy) is 2. The number of aliphatic hydroxyl groups excluding tert-OH is 2. The highest BCUT2D eigenvalue weighted by Crippen LogP contribution is 2.29. The molecule has 0 bridgehead atoms. The van der Waals surface area contributed by atoms with Gasteiger partial charge in [-0.1, -0.05) is 88.7 Å². The summed E-state index contributed by atoms with van der Waals surface area (Å²) in [6.07, 6.45) is 1.98. The number of halogens is 1. The molecule has 4 nitrogen and oxygen atoms in total. The zero-order chi connectivity index (χ0) is 21.1. The maximum Gasteiger partial charge on any atom is 0.166 e. The van der Waals surface area contributed by atoms with Crippen molar-refractivity contribution in [1.29, 1.82) is 0 Å². The van der Waals surface area contributed by atoms with Crippen molar-refractivity contribution >= 4 is 15.9 Å². The molecule has 0 aliphatic carbocycles. The van der Waals surface area contributed by atoms with Gasteiger partial charge in [0.2, 0.25) is 0 Å². The summed E-state index contributed by atoms with van der Waals surface area (Å²) < 4.78 is 10.8. The van der Waals surface area contributed by atoms with Gasteiger partial charge >= 0.3 is 0 Å². The largest absolute Gasteiger partial charge is 0.388 e. The van der Waals surface area contributed by atoms with E-state index in [9.17, 15) is 10.2 Å². The molecule has 0 amide bonds. The van der Waals surface area contributed by atoms with Crippen molar-refractivity contribution in [3.05, 3.63) is 97.1 Å². The van der Waals surface area contributed by atoms with Crippen LogP contribution in [0.4, 0.5) is 0 Å². The van der Waals surface area contributed by atoms with Gasteiger partial charge in [-0.25, -0.2) is 0 Å². The lowest BCUT2D eigenvalue weighted by atomic mass is 9.95. The third kappa shape index (κ3) is 6.91. The molecule has 0 spiro atoms. The Bertz CT molecular complexity index is 716. The van der Waals surface area contributed by atoms with Crippen LogP contribution in [0.25, 0.3) is 0 Å². The monoisotopic (exact) mass is 460 g/mol. The topological polar surface area (TPSA) is 58.9 Å². The molecule has 2 unspecified atom stereocenters. The molecule has 1 aliphatic rings. The van der Waals surface area contributed by atoms with Crippen LogP contribution in [0.15, 0.2) is 86.0 Å². The van der Waals surface area contributed by atoms with E-state index in [-0.39, 0.29) is 18.1 Å². The van der Waals surface area contributed by atoms with Crippen molar-refractivity contribution in [2.24, 2.45) is 11.8 Å². The van der Waals surface area contributed by atoms with Gasteiger partial charge in [-0.05, 0) is 11.1 Å². The maximum atomic E-state index is 10.2. The van der Waals surface area contributed by atoms with Crippen LogP contribution >= 0.6 is 15.9 Å². The lowest BCUT2D eigenvalue weighted by Gasteiger charge is -2.24. The summed E-state index contributed by atoms with van der Waals surface area (Å²) in [6.45, 7) is 8.58.